The van der Waals surface area contributed by atoms with Crippen LogP contribution in [0.15, 0.2) is 12.4 Å². The van der Waals surface area contributed by atoms with Gasteiger partial charge in [0.15, 0.2) is 0 Å². The van der Waals surface area contributed by atoms with Gasteiger partial charge in [-0.25, -0.2) is 9.67 Å². The highest BCUT2D eigenvalue weighted by Crippen LogP contribution is 2.12. The van der Waals surface area contributed by atoms with Crippen LogP contribution >= 0.6 is 11.3 Å². The van der Waals surface area contributed by atoms with Crippen molar-refractivity contribution in [2.45, 2.75) is 26.3 Å². The molecule has 0 aromatic carbocycles. The van der Waals surface area contributed by atoms with Crippen LogP contribution in [0.5, 0.6) is 0 Å². The zero-order valence-corrected chi connectivity index (χ0v) is 10.1. The maximum Gasteiger partial charge on any atom is 0.303 e. The molecule has 1 N–H and O–H groups in total. The predicted octanol–water partition coefficient (Wildman–Crippen LogP) is 1.11. The normalized spacial score (nSPS) is 10.6. The molecule has 2 rings (SSSR count). The molecule has 0 atom stereocenters. The molecule has 7 heteroatoms. The van der Waals surface area contributed by atoms with E-state index in [1.54, 1.807) is 22.2 Å². The molecule has 6 nitrogen and oxygen atoms in total. The number of aliphatic carboxylic acids is 1. The zero-order chi connectivity index (χ0) is 12.3. The van der Waals surface area contributed by atoms with Crippen molar-refractivity contribution < 1.29 is 9.90 Å². The van der Waals surface area contributed by atoms with Gasteiger partial charge in [-0.15, -0.1) is 16.4 Å². The van der Waals surface area contributed by atoms with Crippen LogP contribution in [0, 0.1) is 6.92 Å². The molecule has 0 saturated heterocycles. The molecule has 0 fully saturated rings. The van der Waals surface area contributed by atoms with Crippen molar-refractivity contribution in [3.05, 3.63) is 28.0 Å². The van der Waals surface area contributed by atoms with E-state index in [1.807, 2.05) is 13.1 Å². The first-order chi connectivity index (χ1) is 8.13. The van der Waals surface area contributed by atoms with E-state index in [2.05, 4.69) is 15.3 Å². The Kier molecular flexibility index (Phi) is 3.48. The molecule has 0 unspecified atom stereocenters. The maximum atomic E-state index is 10.4. The Morgan fingerprint density at radius 3 is 3.06 bits per heavy atom. The highest BCUT2D eigenvalue weighted by Gasteiger charge is 2.05. The van der Waals surface area contributed by atoms with Gasteiger partial charge >= 0.3 is 5.97 Å². The smallest absolute Gasteiger partial charge is 0.303 e. The van der Waals surface area contributed by atoms with Crippen LogP contribution in [0.2, 0.25) is 0 Å². The summed E-state index contributed by atoms with van der Waals surface area (Å²) >= 11 is 1.62. The van der Waals surface area contributed by atoms with Gasteiger partial charge in [0.1, 0.15) is 0 Å². The molecular formula is C10H12N4O2S. The minimum absolute atomic E-state index is 0.0817. The molecular weight excluding hydrogens is 240 g/mol. The number of carboxylic acids is 1. The van der Waals surface area contributed by atoms with Gasteiger partial charge in [0, 0.05) is 23.7 Å². The van der Waals surface area contributed by atoms with Gasteiger partial charge in [0.05, 0.1) is 23.7 Å². The minimum Gasteiger partial charge on any atom is -0.481 e. The molecule has 0 amide bonds. The molecule has 0 aliphatic heterocycles. The Labute approximate surface area is 102 Å². The quantitative estimate of drug-likeness (QED) is 0.862. The van der Waals surface area contributed by atoms with Gasteiger partial charge in [0.25, 0.3) is 0 Å². The van der Waals surface area contributed by atoms with Gasteiger partial charge in [-0.3, -0.25) is 4.79 Å². The van der Waals surface area contributed by atoms with Gasteiger partial charge in [-0.2, -0.15) is 0 Å². The second-order valence-corrected chi connectivity index (χ2v) is 4.97. The SMILES string of the molecule is Cc1ncc(Cn2cc(CCC(=O)O)nn2)s1. The van der Waals surface area contributed by atoms with E-state index >= 15 is 0 Å². The molecule has 17 heavy (non-hydrogen) atoms. The van der Waals surface area contributed by atoms with Crippen molar-refractivity contribution in [2.75, 3.05) is 0 Å². The number of aryl methyl sites for hydroxylation is 2. The van der Waals surface area contributed by atoms with E-state index in [0.29, 0.717) is 18.7 Å². The molecule has 90 valence electrons. The molecule has 0 radical (unpaired) electrons. The summed E-state index contributed by atoms with van der Waals surface area (Å²) in [6.07, 6.45) is 4.09. The largest absolute Gasteiger partial charge is 0.481 e. The first kappa shape index (κ1) is 11.7. The lowest BCUT2D eigenvalue weighted by Gasteiger charge is -1.94. The number of thiazole rings is 1. The summed E-state index contributed by atoms with van der Waals surface area (Å²) in [4.78, 5) is 15.7. The van der Waals surface area contributed by atoms with Crippen LogP contribution < -0.4 is 0 Å². The number of carbonyl (C=O) groups is 1. The summed E-state index contributed by atoms with van der Waals surface area (Å²) in [5, 5.41) is 17.5. The Balaban J connectivity index is 1.96. The van der Waals surface area contributed by atoms with Crippen molar-refractivity contribution >= 4 is 17.3 Å². The minimum atomic E-state index is -0.822. The highest BCUT2D eigenvalue weighted by molar-refractivity contribution is 7.11. The van der Waals surface area contributed by atoms with E-state index in [4.69, 9.17) is 5.11 Å². The summed E-state index contributed by atoms with van der Waals surface area (Å²) < 4.78 is 1.70. The van der Waals surface area contributed by atoms with Gasteiger partial charge in [-0.05, 0) is 6.92 Å². The van der Waals surface area contributed by atoms with Crippen molar-refractivity contribution in [3.63, 3.8) is 0 Å². The van der Waals surface area contributed by atoms with Crippen LogP contribution in [0.4, 0.5) is 0 Å². The Morgan fingerprint density at radius 2 is 2.41 bits per heavy atom. The summed E-state index contributed by atoms with van der Waals surface area (Å²) in [5.74, 6) is -0.822. The van der Waals surface area contributed by atoms with Gasteiger partial charge in [-0.1, -0.05) is 5.21 Å². The van der Waals surface area contributed by atoms with Crippen molar-refractivity contribution in [3.8, 4) is 0 Å². The highest BCUT2D eigenvalue weighted by atomic mass is 32.1. The van der Waals surface area contributed by atoms with Crippen LogP contribution in [0.3, 0.4) is 0 Å². The fourth-order valence-corrected chi connectivity index (χ4v) is 2.19. The van der Waals surface area contributed by atoms with Crippen molar-refractivity contribution in [1.82, 2.24) is 20.0 Å². The number of nitrogens with zero attached hydrogens (tertiary/aromatic N) is 4. The molecule has 0 saturated carbocycles. The lowest BCUT2D eigenvalue weighted by molar-refractivity contribution is -0.136. The van der Waals surface area contributed by atoms with Crippen LogP contribution in [-0.2, 0) is 17.8 Å². The second kappa shape index (κ2) is 5.05. The van der Waals surface area contributed by atoms with Crippen LogP contribution in [0.1, 0.15) is 22.0 Å². The Bertz CT molecular complexity index is 520. The molecule has 0 aliphatic rings. The topological polar surface area (TPSA) is 80.9 Å². The van der Waals surface area contributed by atoms with E-state index < -0.39 is 5.97 Å². The number of rotatable bonds is 5. The van der Waals surface area contributed by atoms with Gasteiger partial charge in [0.2, 0.25) is 0 Å². The first-order valence-corrected chi connectivity index (χ1v) is 5.97. The van der Waals surface area contributed by atoms with Crippen LogP contribution in [0.25, 0.3) is 0 Å². The summed E-state index contributed by atoms with van der Waals surface area (Å²) in [6.45, 7) is 2.58. The molecule has 0 aliphatic carbocycles. The number of aromatic nitrogens is 4. The molecule has 2 heterocycles. The third-order valence-corrected chi connectivity index (χ3v) is 3.07. The fraction of sp³-hybridized carbons (Fsp3) is 0.400. The number of hydrogen-bond acceptors (Lipinski definition) is 5. The van der Waals surface area contributed by atoms with E-state index in [1.165, 1.54) is 0 Å². The Hall–Kier alpha value is -1.76. The van der Waals surface area contributed by atoms with E-state index in [-0.39, 0.29) is 6.42 Å². The lowest BCUT2D eigenvalue weighted by atomic mass is 10.2. The van der Waals surface area contributed by atoms with Crippen molar-refractivity contribution in [2.24, 2.45) is 0 Å². The fourth-order valence-electron chi connectivity index (χ4n) is 1.40. The second-order valence-electron chi connectivity index (χ2n) is 3.65. The third kappa shape index (κ3) is 3.35. The Morgan fingerprint density at radius 1 is 1.59 bits per heavy atom. The molecule has 2 aromatic heterocycles. The van der Waals surface area contributed by atoms with Crippen LogP contribution in [-0.4, -0.2) is 31.1 Å². The molecule has 0 bridgehead atoms. The van der Waals surface area contributed by atoms with E-state index in [0.717, 1.165) is 9.88 Å². The maximum absolute atomic E-state index is 10.4. The summed E-state index contributed by atoms with van der Waals surface area (Å²) in [5.41, 5.74) is 0.702. The van der Waals surface area contributed by atoms with Gasteiger partial charge < -0.3 is 5.11 Å². The summed E-state index contributed by atoms with van der Waals surface area (Å²) in [7, 11) is 0. The standard InChI is InChI=1S/C10H12N4O2S/c1-7-11-4-9(17-7)6-14-5-8(12-13-14)2-3-10(15)16/h4-5H,2-3,6H2,1H3,(H,15,16). The summed E-state index contributed by atoms with van der Waals surface area (Å²) in [6, 6.07) is 0. The average molecular weight is 252 g/mol. The van der Waals surface area contributed by atoms with Crippen molar-refractivity contribution in [1.29, 1.82) is 0 Å². The monoisotopic (exact) mass is 252 g/mol. The number of carboxylic acid groups (broad SMARTS) is 1. The van der Waals surface area contributed by atoms with E-state index in [9.17, 15) is 4.79 Å². The third-order valence-electron chi connectivity index (χ3n) is 2.17. The number of hydrogen-bond donors (Lipinski definition) is 1. The lowest BCUT2D eigenvalue weighted by Crippen LogP contribution is -1.98. The molecule has 0 spiro atoms. The average Bonchev–Trinajstić information content (AvgIpc) is 2.86. The zero-order valence-electron chi connectivity index (χ0n) is 9.33. The molecule has 2 aromatic rings. The predicted molar refractivity (Wildman–Crippen MR) is 61.9 cm³/mol. The first-order valence-electron chi connectivity index (χ1n) is 5.15.